The van der Waals surface area contributed by atoms with Crippen LogP contribution >= 0.6 is 0 Å². The quantitative estimate of drug-likeness (QED) is 0.665. The topological polar surface area (TPSA) is 75.3 Å². The number of carbonyl (C=O) groups excluding carboxylic acids is 1. The first-order valence-electron chi connectivity index (χ1n) is 8.53. The molecule has 0 heterocycles. The third kappa shape index (κ3) is 4.20. The van der Waals surface area contributed by atoms with E-state index < -0.39 is 21.7 Å². The van der Waals surface area contributed by atoms with Gasteiger partial charge in [-0.2, -0.15) is 0 Å². The first-order valence-corrected chi connectivity index (χ1v) is 10.0. The Morgan fingerprint density at radius 2 is 1.50 bits per heavy atom. The highest BCUT2D eigenvalue weighted by atomic mass is 32.2. The predicted octanol–water partition coefficient (Wildman–Crippen LogP) is 4.50. The Morgan fingerprint density at radius 1 is 0.857 bits per heavy atom. The van der Waals surface area contributed by atoms with Crippen LogP contribution in [0.3, 0.4) is 0 Å². The Kier molecular flexibility index (Phi) is 5.46. The molecular weight excluding hydrogens is 379 g/mol. The minimum Gasteiger partial charge on any atom is -0.319 e. The summed E-state index contributed by atoms with van der Waals surface area (Å²) >= 11 is 0. The molecule has 0 aliphatic rings. The Morgan fingerprint density at radius 3 is 2.18 bits per heavy atom. The third-order valence-electron chi connectivity index (χ3n) is 4.28. The number of nitrogens with one attached hydrogen (secondary N) is 2. The van der Waals surface area contributed by atoms with Crippen molar-refractivity contribution in [3.8, 4) is 0 Å². The molecule has 0 aromatic heterocycles. The van der Waals surface area contributed by atoms with Gasteiger partial charge >= 0.3 is 0 Å². The van der Waals surface area contributed by atoms with Crippen LogP contribution in [0.25, 0.3) is 0 Å². The molecule has 0 spiro atoms. The van der Waals surface area contributed by atoms with E-state index in [4.69, 9.17) is 0 Å². The fourth-order valence-corrected chi connectivity index (χ4v) is 3.81. The molecule has 0 aliphatic carbocycles. The van der Waals surface area contributed by atoms with Crippen molar-refractivity contribution in [2.75, 3.05) is 10.0 Å². The molecule has 0 atom stereocenters. The second-order valence-electron chi connectivity index (χ2n) is 6.33. The molecule has 2 N–H and O–H groups in total. The van der Waals surface area contributed by atoms with Gasteiger partial charge in [-0.15, -0.1) is 0 Å². The molecule has 5 nitrogen and oxygen atoms in total. The zero-order valence-corrected chi connectivity index (χ0v) is 16.2. The Balaban J connectivity index is 1.91. The van der Waals surface area contributed by atoms with Crippen molar-refractivity contribution in [2.24, 2.45) is 0 Å². The van der Waals surface area contributed by atoms with E-state index in [0.29, 0.717) is 11.3 Å². The molecule has 3 aromatic rings. The van der Waals surface area contributed by atoms with Crippen LogP contribution in [-0.4, -0.2) is 14.3 Å². The molecule has 0 fully saturated rings. The second-order valence-corrected chi connectivity index (χ2v) is 8.01. The van der Waals surface area contributed by atoms with Gasteiger partial charge < -0.3 is 5.32 Å². The Labute approximate surface area is 163 Å². The standard InChI is InChI=1S/C21H19FN2O3S/c1-14-11-12-16(28(26,27)24-19-9-5-3-7-15(19)2)13-17(14)21(25)23-20-10-6-4-8-18(20)22/h3-13,24H,1-2H3,(H,23,25). The predicted molar refractivity (Wildman–Crippen MR) is 108 cm³/mol. The maximum atomic E-state index is 13.8. The van der Waals surface area contributed by atoms with Gasteiger partial charge in [0, 0.05) is 5.56 Å². The van der Waals surface area contributed by atoms with Gasteiger partial charge in [0.05, 0.1) is 16.3 Å². The molecule has 0 saturated heterocycles. The smallest absolute Gasteiger partial charge is 0.261 e. The number of halogens is 1. The number of sulfonamides is 1. The van der Waals surface area contributed by atoms with Crippen LogP contribution in [0, 0.1) is 19.7 Å². The van der Waals surface area contributed by atoms with E-state index in [0.717, 1.165) is 5.56 Å². The van der Waals surface area contributed by atoms with Gasteiger partial charge in [0.2, 0.25) is 0 Å². The minimum atomic E-state index is -3.89. The van der Waals surface area contributed by atoms with Gasteiger partial charge in [-0.25, -0.2) is 12.8 Å². The van der Waals surface area contributed by atoms with Crippen molar-refractivity contribution in [1.29, 1.82) is 0 Å². The highest BCUT2D eigenvalue weighted by molar-refractivity contribution is 7.92. The average Bonchev–Trinajstić information content (AvgIpc) is 2.65. The van der Waals surface area contributed by atoms with Crippen LogP contribution in [0.2, 0.25) is 0 Å². The minimum absolute atomic E-state index is 0.0261. The summed E-state index contributed by atoms with van der Waals surface area (Å²) in [5.74, 6) is -1.16. The van der Waals surface area contributed by atoms with Gasteiger partial charge in [0.25, 0.3) is 15.9 Å². The summed E-state index contributed by atoms with van der Waals surface area (Å²) in [5, 5.41) is 2.48. The summed E-state index contributed by atoms with van der Waals surface area (Å²) in [7, 11) is -3.89. The van der Waals surface area contributed by atoms with Crippen LogP contribution in [0.1, 0.15) is 21.5 Å². The molecule has 144 valence electrons. The van der Waals surface area contributed by atoms with E-state index in [1.807, 2.05) is 6.07 Å². The number of benzene rings is 3. The van der Waals surface area contributed by atoms with E-state index in [9.17, 15) is 17.6 Å². The van der Waals surface area contributed by atoms with E-state index in [-0.39, 0.29) is 16.1 Å². The number of hydrogen-bond donors (Lipinski definition) is 2. The number of rotatable bonds is 5. The van der Waals surface area contributed by atoms with Crippen LogP contribution < -0.4 is 10.0 Å². The molecule has 0 radical (unpaired) electrons. The zero-order chi connectivity index (χ0) is 20.3. The number of para-hydroxylation sites is 2. The van der Waals surface area contributed by atoms with Gasteiger partial charge in [0.15, 0.2) is 0 Å². The fourth-order valence-electron chi connectivity index (χ4n) is 2.66. The summed E-state index contributed by atoms with van der Waals surface area (Å²) in [4.78, 5) is 12.5. The molecule has 28 heavy (non-hydrogen) atoms. The summed E-state index contributed by atoms with van der Waals surface area (Å²) < 4.78 is 41.8. The Hall–Kier alpha value is -3.19. The van der Waals surface area contributed by atoms with Gasteiger partial charge in [-0.1, -0.05) is 36.4 Å². The largest absolute Gasteiger partial charge is 0.319 e. The van der Waals surface area contributed by atoms with Crippen LogP contribution in [0.4, 0.5) is 15.8 Å². The van der Waals surface area contributed by atoms with Crippen molar-refractivity contribution in [3.05, 3.63) is 89.2 Å². The van der Waals surface area contributed by atoms with Crippen molar-refractivity contribution in [2.45, 2.75) is 18.7 Å². The molecule has 1 amide bonds. The lowest BCUT2D eigenvalue weighted by Crippen LogP contribution is -2.17. The zero-order valence-electron chi connectivity index (χ0n) is 15.4. The van der Waals surface area contributed by atoms with Crippen LogP contribution in [-0.2, 0) is 10.0 Å². The lowest BCUT2D eigenvalue weighted by atomic mass is 10.1. The monoisotopic (exact) mass is 398 g/mol. The molecular formula is C21H19FN2O3S. The first kappa shape index (κ1) is 19.6. The number of carbonyl (C=O) groups is 1. The Bertz CT molecular complexity index is 1140. The molecule has 7 heteroatoms. The molecule has 0 bridgehead atoms. The summed E-state index contributed by atoms with van der Waals surface area (Å²) in [6.07, 6.45) is 0. The molecule has 0 unspecified atom stereocenters. The van der Waals surface area contributed by atoms with Crippen molar-refractivity contribution >= 4 is 27.3 Å². The summed E-state index contributed by atoms with van der Waals surface area (Å²) in [6.45, 7) is 3.47. The highest BCUT2D eigenvalue weighted by Gasteiger charge is 2.19. The van der Waals surface area contributed by atoms with Crippen molar-refractivity contribution in [3.63, 3.8) is 0 Å². The van der Waals surface area contributed by atoms with E-state index in [2.05, 4.69) is 10.0 Å². The van der Waals surface area contributed by atoms with Crippen molar-refractivity contribution < 1.29 is 17.6 Å². The van der Waals surface area contributed by atoms with E-state index >= 15 is 0 Å². The molecule has 0 aliphatic heterocycles. The SMILES string of the molecule is Cc1ccccc1NS(=O)(=O)c1ccc(C)c(C(=O)Nc2ccccc2F)c1. The third-order valence-corrected chi connectivity index (χ3v) is 5.64. The maximum Gasteiger partial charge on any atom is 0.261 e. The number of anilines is 2. The normalized spacial score (nSPS) is 11.1. The molecule has 3 aromatic carbocycles. The highest BCUT2D eigenvalue weighted by Crippen LogP contribution is 2.22. The first-order chi connectivity index (χ1) is 13.3. The number of amides is 1. The van der Waals surface area contributed by atoms with E-state index in [1.54, 1.807) is 44.2 Å². The summed E-state index contributed by atoms with van der Waals surface area (Å²) in [5.41, 5.74) is 1.98. The van der Waals surface area contributed by atoms with Gasteiger partial charge in [-0.3, -0.25) is 9.52 Å². The van der Waals surface area contributed by atoms with Gasteiger partial charge in [0.1, 0.15) is 5.82 Å². The van der Waals surface area contributed by atoms with E-state index in [1.165, 1.54) is 30.3 Å². The molecule has 3 rings (SSSR count). The lowest BCUT2D eigenvalue weighted by Gasteiger charge is -2.13. The summed E-state index contributed by atoms with van der Waals surface area (Å²) in [6, 6.07) is 17.0. The van der Waals surface area contributed by atoms with Crippen molar-refractivity contribution in [1.82, 2.24) is 0 Å². The number of hydrogen-bond acceptors (Lipinski definition) is 3. The second kappa shape index (κ2) is 7.82. The molecule has 0 saturated carbocycles. The average molecular weight is 398 g/mol. The van der Waals surface area contributed by atoms with Crippen LogP contribution in [0.15, 0.2) is 71.6 Å². The lowest BCUT2D eigenvalue weighted by molar-refractivity contribution is 0.102. The fraction of sp³-hybridized carbons (Fsp3) is 0.0952. The maximum absolute atomic E-state index is 13.8. The van der Waals surface area contributed by atoms with Gasteiger partial charge in [-0.05, 0) is 55.3 Å². The van der Waals surface area contributed by atoms with Crippen LogP contribution in [0.5, 0.6) is 0 Å². The number of aryl methyl sites for hydroxylation is 2.